The van der Waals surface area contributed by atoms with Gasteiger partial charge in [0.25, 0.3) is 0 Å². The van der Waals surface area contributed by atoms with E-state index in [0.717, 1.165) is 45.1 Å². The van der Waals surface area contributed by atoms with Gasteiger partial charge in [0.05, 0.1) is 11.4 Å². The van der Waals surface area contributed by atoms with Crippen LogP contribution in [0.15, 0.2) is 29.2 Å². The topological polar surface area (TPSA) is 64.1 Å². The first-order valence-electron chi connectivity index (χ1n) is 11.0. The standard InChI is InChI=1S/C22H35N5O2S/c1-6-26(7-2)30(28,29)22-19(4)23-27(20(22)5)17-25-14-12-24(13-15-25)16-21-11-9-8-10-18(21)3/h8-11H,6-7,12-17H2,1-5H3/p+2. The fourth-order valence-electron chi connectivity index (χ4n) is 4.48. The molecule has 2 N–H and O–H groups in total. The zero-order valence-electron chi connectivity index (χ0n) is 19.0. The van der Waals surface area contributed by atoms with Crippen molar-refractivity contribution < 1.29 is 18.2 Å². The molecule has 0 bridgehead atoms. The van der Waals surface area contributed by atoms with Gasteiger partial charge in [-0.1, -0.05) is 38.1 Å². The van der Waals surface area contributed by atoms with Gasteiger partial charge in [-0.15, -0.1) is 0 Å². The lowest BCUT2D eigenvalue weighted by atomic mass is 10.1. The molecule has 0 aliphatic carbocycles. The van der Waals surface area contributed by atoms with E-state index in [9.17, 15) is 8.42 Å². The summed E-state index contributed by atoms with van der Waals surface area (Å²) >= 11 is 0. The fraction of sp³-hybridized carbons (Fsp3) is 0.591. The first-order valence-corrected chi connectivity index (χ1v) is 12.5. The summed E-state index contributed by atoms with van der Waals surface area (Å²) in [5, 5.41) is 4.60. The van der Waals surface area contributed by atoms with Gasteiger partial charge in [0.2, 0.25) is 10.0 Å². The van der Waals surface area contributed by atoms with E-state index in [0.29, 0.717) is 23.7 Å². The number of aryl methyl sites for hydroxylation is 2. The first-order chi connectivity index (χ1) is 14.3. The summed E-state index contributed by atoms with van der Waals surface area (Å²) < 4.78 is 29.5. The minimum absolute atomic E-state index is 0.384. The van der Waals surface area contributed by atoms with Gasteiger partial charge >= 0.3 is 0 Å². The Kier molecular flexibility index (Phi) is 7.34. The third kappa shape index (κ3) is 4.77. The molecule has 7 nitrogen and oxygen atoms in total. The summed E-state index contributed by atoms with van der Waals surface area (Å²) in [6, 6.07) is 8.63. The maximum absolute atomic E-state index is 13.0. The van der Waals surface area contributed by atoms with Crippen molar-refractivity contribution in [2.75, 3.05) is 39.3 Å². The molecular formula is C22H37N5O2S+2. The molecule has 1 aliphatic heterocycles. The molecule has 1 aliphatic rings. The van der Waals surface area contributed by atoms with Crippen LogP contribution in [0.5, 0.6) is 0 Å². The number of hydrogen-bond donors (Lipinski definition) is 2. The van der Waals surface area contributed by atoms with Crippen LogP contribution >= 0.6 is 0 Å². The summed E-state index contributed by atoms with van der Waals surface area (Å²) in [6.07, 6.45) is 0. The SMILES string of the molecule is CCN(CC)S(=O)(=O)c1c(C)nn(C[NH+]2CC[NH+](Cc3ccccc3C)CC2)c1C. The highest BCUT2D eigenvalue weighted by molar-refractivity contribution is 7.89. The normalized spacial score (nSPS) is 20.1. The van der Waals surface area contributed by atoms with Crippen LogP contribution in [0.25, 0.3) is 0 Å². The van der Waals surface area contributed by atoms with Gasteiger partial charge in [-0.3, -0.25) is 0 Å². The Bertz CT molecular complexity index is 958. The van der Waals surface area contributed by atoms with Crippen LogP contribution in [0.1, 0.15) is 36.4 Å². The summed E-state index contributed by atoms with van der Waals surface area (Å²) in [5.74, 6) is 0. The third-order valence-electron chi connectivity index (χ3n) is 6.36. The zero-order chi connectivity index (χ0) is 21.9. The van der Waals surface area contributed by atoms with E-state index >= 15 is 0 Å². The minimum Gasteiger partial charge on any atom is -0.322 e. The highest BCUT2D eigenvalue weighted by Gasteiger charge is 2.31. The number of hydrogen-bond acceptors (Lipinski definition) is 3. The highest BCUT2D eigenvalue weighted by Crippen LogP contribution is 2.23. The lowest BCUT2D eigenvalue weighted by molar-refractivity contribution is -1.03. The first kappa shape index (κ1) is 22.9. The lowest BCUT2D eigenvalue weighted by Crippen LogP contribution is -3.27. The monoisotopic (exact) mass is 435 g/mol. The molecule has 1 saturated heterocycles. The third-order valence-corrected chi connectivity index (χ3v) is 8.66. The van der Waals surface area contributed by atoms with Crippen LogP contribution in [0.2, 0.25) is 0 Å². The zero-order valence-corrected chi connectivity index (χ0v) is 19.8. The molecule has 0 saturated carbocycles. The summed E-state index contributed by atoms with van der Waals surface area (Å²) in [5.41, 5.74) is 4.15. The molecule has 0 spiro atoms. The number of nitrogens with one attached hydrogen (secondary N) is 2. The van der Waals surface area contributed by atoms with Crippen molar-refractivity contribution in [1.29, 1.82) is 0 Å². The van der Waals surface area contributed by atoms with E-state index in [4.69, 9.17) is 0 Å². The Morgan fingerprint density at radius 2 is 1.60 bits per heavy atom. The second-order valence-corrected chi connectivity index (χ2v) is 10.2. The average molecular weight is 436 g/mol. The van der Waals surface area contributed by atoms with Gasteiger partial charge in [-0.25, -0.2) is 13.1 Å². The molecule has 1 aromatic carbocycles. The van der Waals surface area contributed by atoms with Crippen LogP contribution < -0.4 is 9.80 Å². The van der Waals surface area contributed by atoms with Gasteiger partial charge in [0.1, 0.15) is 37.6 Å². The number of nitrogens with zero attached hydrogens (tertiary/aromatic N) is 3. The number of rotatable bonds is 8. The predicted octanol–water partition coefficient (Wildman–Crippen LogP) is -0.220. The number of piperazine rings is 1. The number of aromatic nitrogens is 2. The predicted molar refractivity (Wildman–Crippen MR) is 118 cm³/mol. The number of sulfonamides is 1. The van der Waals surface area contributed by atoms with E-state index in [2.05, 4.69) is 36.3 Å². The second-order valence-electron chi connectivity index (χ2n) is 8.35. The lowest BCUT2D eigenvalue weighted by Gasteiger charge is -2.30. The van der Waals surface area contributed by atoms with E-state index < -0.39 is 10.0 Å². The molecule has 8 heteroatoms. The molecule has 1 fully saturated rings. The van der Waals surface area contributed by atoms with Gasteiger partial charge in [0, 0.05) is 18.7 Å². The Balaban J connectivity index is 1.65. The van der Waals surface area contributed by atoms with Crippen LogP contribution in [-0.4, -0.2) is 61.8 Å². The van der Waals surface area contributed by atoms with Crippen molar-refractivity contribution in [2.24, 2.45) is 0 Å². The quantitative estimate of drug-likeness (QED) is 0.603. The van der Waals surface area contributed by atoms with Crippen molar-refractivity contribution in [3.05, 3.63) is 46.8 Å². The van der Waals surface area contributed by atoms with Crippen LogP contribution in [0.3, 0.4) is 0 Å². The van der Waals surface area contributed by atoms with Gasteiger partial charge in [-0.2, -0.15) is 9.40 Å². The molecule has 3 rings (SSSR count). The Morgan fingerprint density at radius 1 is 1.00 bits per heavy atom. The van der Waals surface area contributed by atoms with Crippen molar-refractivity contribution in [1.82, 2.24) is 14.1 Å². The van der Waals surface area contributed by atoms with Gasteiger partial charge < -0.3 is 9.80 Å². The van der Waals surface area contributed by atoms with Gasteiger partial charge in [-0.05, 0) is 26.3 Å². The molecular weight excluding hydrogens is 398 g/mol. The summed E-state index contributed by atoms with van der Waals surface area (Å²) in [7, 11) is -3.49. The Labute approximate surface area is 181 Å². The highest BCUT2D eigenvalue weighted by atomic mass is 32.2. The van der Waals surface area contributed by atoms with E-state index in [1.54, 1.807) is 11.8 Å². The van der Waals surface area contributed by atoms with E-state index in [1.165, 1.54) is 20.3 Å². The Hall–Kier alpha value is -1.74. The molecule has 0 radical (unpaired) electrons. The van der Waals surface area contributed by atoms with E-state index in [-0.39, 0.29) is 0 Å². The maximum atomic E-state index is 13.0. The number of quaternary nitrogens is 2. The largest absolute Gasteiger partial charge is 0.322 e. The minimum atomic E-state index is -3.49. The van der Waals surface area contributed by atoms with Crippen molar-refractivity contribution in [3.8, 4) is 0 Å². The van der Waals surface area contributed by atoms with Gasteiger partial charge in [0.15, 0.2) is 6.67 Å². The maximum Gasteiger partial charge on any atom is 0.246 e. The molecule has 2 heterocycles. The molecule has 0 atom stereocenters. The fourth-order valence-corrected chi connectivity index (χ4v) is 6.31. The summed E-state index contributed by atoms with van der Waals surface area (Å²) in [6.45, 7) is 16.7. The van der Waals surface area contributed by atoms with Crippen LogP contribution in [0.4, 0.5) is 0 Å². The molecule has 166 valence electrons. The Morgan fingerprint density at radius 3 is 2.20 bits per heavy atom. The van der Waals surface area contributed by atoms with Crippen molar-refractivity contribution >= 4 is 10.0 Å². The summed E-state index contributed by atoms with van der Waals surface area (Å²) in [4.78, 5) is 3.46. The van der Waals surface area contributed by atoms with Crippen molar-refractivity contribution in [3.63, 3.8) is 0 Å². The number of benzene rings is 1. The van der Waals surface area contributed by atoms with Crippen molar-refractivity contribution in [2.45, 2.75) is 52.7 Å². The molecule has 0 unspecified atom stereocenters. The second kappa shape index (κ2) is 9.60. The van der Waals surface area contributed by atoms with E-state index in [1.807, 2.05) is 25.5 Å². The average Bonchev–Trinajstić information content (AvgIpc) is 2.99. The molecule has 1 aromatic heterocycles. The molecule has 2 aromatic rings. The molecule has 30 heavy (non-hydrogen) atoms. The van der Waals surface area contributed by atoms with Crippen LogP contribution in [0, 0.1) is 20.8 Å². The van der Waals surface area contributed by atoms with Crippen LogP contribution in [-0.2, 0) is 23.2 Å². The molecule has 0 amide bonds. The smallest absolute Gasteiger partial charge is 0.246 e.